The average Bonchev–Trinajstić information content (AvgIpc) is 2.29. The van der Waals surface area contributed by atoms with Crippen molar-refractivity contribution in [3.8, 4) is 0 Å². The van der Waals surface area contributed by atoms with E-state index in [9.17, 15) is 5.11 Å². The van der Waals surface area contributed by atoms with E-state index in [0.29, 0.717) is 6.42 Å². The summed E-state index contributed by atoms with van der Waals surface area (Å²) in [6.45, 7) is 0.960. The summed E-state index contributed by atoms with van der Waals surface area (Å²) in [5, 5.41) is 18.1. The zero-order valence-electron chi connectivity index (χ0n) is 9.43. The van der Waals surface area contributed by atoms with Crippen molar-refractivity contribution in [2.24, 2.45) is 0 Å². The highest BCUT2D eigenvalue weighted by Gasteiger charge is 2.13. The van der Waals surface area contributed by atoms with Crippen molar-refractivity contribution >= 4 is 15.9 Å². The first-order chi connectivity index (χ1) is 7.67. The van der Waals surface area contributed by atoms with E-state index in [1.54, 1.807) is 0 Å². The van der Waals surface area contributed by atoms with Crippen LogP contribution in [0.3, 0.4) is 0 Å². The Bertz CT molecular complexity index is 302. The van der Waals surface area contributed by atoms with E-state index < -0.39 is 0 Å². The highest BCUT2D eigenvalue weighted by molar-refractivity contribution is 9.10. The third kappa shape index (κ3) is 4.22. The molecule has 0 bridgehead atoms. The quantitative estimate of drug-likeness (QED) is 0.836. The van der Waals surface area contributed by atoms with Gasteiger partial charge in [-0.25, -0.2) is 0 Å². The standard InChI is InChI=1S/C12H18BrNO2/c1-14(12(9-16)6-7-15)8-10-2-4-11(13)5-3-10/h2-5,12,15-16H,6-9H2,1H3. The van der Waals surface area contributed by atoms with E-state index in [-0.39, 0.29) is 19.3 Å². The summed E-state index contributed by atoms with van der Waals surface area (Å²) in [7, 11) is 1.96. The zero-order chi connectivity index (χ0) is 12.0. The molecule has 0 aromatic heterocycles. The van der Waals surface area contributed by atoms with E-state index in [4.69, 9.17) is 5.11 Å². The minimum atomic E-state index is 0.0219. The molecule has 1 rings (SSSR count). The molecule has 0 heterocycles. The second-order valence-corrected chi connectivity index (χ2v) is 4.81. The van der Waals surface area contributed by atoms with Crippen molar-refractivity contribution in [1.82, 2.24) is 4.90 Å². The van der Waals surface area contributed by atoms with Gasteiger partial charge in [-0.3, -0.25) is 4.90 Å². The maximum absolute atomic E-state index is 9.19. The molecule has 1 atom stereocenters. The van der Waals surface area contributed by atoms with Crippen LogP contribution in [0.4, 0.5) is 0 Å². The Hall–Kier alpha value is -0.420. The van der Waals surface area contributed by atoms with Gasteiger partial charge in [-0.15, -0.1) is 0 Å². The molecule has 90 valence electrons. The lowest BCUT2D eigenvalue weighted by Crippen LogP contribution is -2.35. The number of aliphatic hydroxyl groups excluding tert-OH is 2. The highest BCUT2D eigenvalue weighted by atomic mass is 79.9. The molecule has 0 amide bonds. The van der Waals surface area contributed by atoms with E-state index >= 15 is 0 Å². The number of aliphatic hydroxyl groups is 2. The lowest BCUT2D eigenvalue weighted by Gasteiger charge is -2.25. The second kappa shape index (κ2) is 7.01. The minimum absolute atomic E-state index is 0.0219. The predicted molar refractivity (Wildman–Crippen MR) is 68.2 cm³/mol. The van der Waals surface area contributed by atoms with Gasteiger partial charge in [0, 0.05) is 23.7 Å². The van der Waals surface area contributed by atoms with Crippen LogP contribution in [0.2, 0.25) is 0 Å². The lowest BCUT2D eigenvalue weighted by molar-refractivity contribution is 0.115. The molecule has 0 saturated carbocycles. The number of nitrogens with zero attached hydrogens (tertiary/aromatic N) is 1. The van der Waals surface area contributed by atoms with Crippen molar-refractivity contribution in [1.29, 1.82) is 0 Å². The van der Waals surface area contributed by atoms with Crippen molar-refractivity contribution in [3.63, 3.8) is 0 Å². The van der Waals surface area contributed by atoms with Crippen LogP contribution in [0.5, 0.6) is 0 Å². The van der Waals surface area contributed by atoms with Gasteiger partial charge in [-0.1, -0.05) is 28.1 Å². The van der Waals surface area contributed by atoms with Gasteiger partial charge in [0.15, 0.2) is 0 Å². The fourth-order valence-electron chi connectivity index (χ4n) is 1.61. The summed E-state index contributed by atoms with van der Waals surface area (Å²) >= 11 is 3.39. The molecular formula is C12H18BrNO2. The minimum Gasteiger partial charge on any atom is -0.396 e. The molecular weight excluding hydrogens is 270 g/mol. The molecule has 0 spiro atoms. The molecule has 0 aliphatic heterocycles. The van der Waals surface area contributed by atoms with Crippen LogP contribution in [0.15, 0.2) is 28.7 Å². The van der Waals surface area contributed by atoms with Crippen LogP contribution in [0.25, 0.3) is 0 Å². The van der Waals surface area contributed by atoms with Crippen molar-refractivity contribution in [3.05, 3.63) is 34.3 Å². The molecule has 0 radical (unpaired) electrons. The van der Waals surface area contributed by atoms with Crippen LogP contribution in [-0.4, -0.2) is 41.4 Å². The molecule has 0 saturated heterocycles. The second-order valence-electron chi connectivity index (χ2n) is 3.89. The maximum atomic E-state index is 9.19. The number of likely N-dealkylation sites (N-methyl/N-ethyl adjacent to an activating group) is 1. The fraction of sp³-hybridized carbons (Fsp3) is 0.500. The van der Waals surface area contributed by atoms with Gasteiger partial charge in [-0.05, 0) is 31.2 Å². The number of hydrogen-bond acceptors (Lipinski definition) is 3. The van der Waals surface area contributed by atoms with Crippen LogP contribution >= 0.6 is 15.9 Å². The van der Waals surface area contributed by atoms with Crippen LogP contribution in [0.1, 0.15) is 12.0 Å². The summed E-state index contributed by atoms with van der Waals surface area (Å²) < 4.78 is 1.06. The topological polar surface area (TPSA) is 43.7 Å². The Morgan fingerprint density at radius 3 is 2.38 bits per heavy atom. The number of benzene rings is 1. The number of rotatable bonds is 6. The van der Waals surface area contributed by atoms with Gasteiger partial charge in [0.25, 0.3) is 0 Å². The van der Waals surface area contributed by atoms with E-state index in [1.807, 2.05) is 31.3 Å². The maximum Gasteiger partial charge on any atom is 0.0587 e. The summed E-state index contributed by atoms with van der Waals surface area (Å²) in [6, 6.07) is 8.13. The molecule has 2 N–H and O–H groups in total. The smallest absolute Gasteiger partial charge is 0.0587 e. The first kappa shape index (κ1) is 13.6. The summed E-state index contributed by atoms with van der Waals surface area (Å²) in [5.41, 5.74) is 1.20. The summed E-state index contributed by atoms with van der Waals surface area (Å²) in [5.74, 6) is 0. The Morgan fingerprint density at radius 2 is 1.88 bits per heavy atom. The molecule has 0 aliphatic carbocycles. The SMILES string of the molecule is CN(Cc1ccc(Br)cc1)C(CO)CCO. The molecule has 16 heavy (non-hydrogen) atoms. The van der Waals surface area contributed by atoms with Crippen molar-refractivity contribution in [2.45, 2.75) is 19.0 Å². The van der Waals surface area contributed by atoms with E-state index in [2.05, 4.69) is 20.8 Å². The van der Waals surface area contributed by atoms with Crippen LogP contribution in [0, 0.1) is 0 Å². The van der Waals surface area contributed by atoms with Gasteiger partial charge in [0.05, 0.1) is 6.61 Å². The van der Waals surface area contributed by atoms with Gasteiger partial charge in [0.2, 0.25) is 0 Å². The summed E-state index contributed by atoms with van der Waals surface area (Å²) in [6.07, 6.45) is 0.601. The largest absolute Gasteiger partial charge is 0.396 e. The predicted octanol–water partition coefficient (Wildman–Crippen LogP) is 1.62. The Balaban J connectivity index is 2.55. The number of hydrogen-bond donors (Lipinski definition) is 2. The third-order valence-electron chi connectivity index (χ3n) is 2.64. The highest BCUT2D eigenvalue weighted by Crippen LogP contribution is 2.13. The van der Waals surface area contributed by atoms with Crippen molar-refractivity contribution in [2.75, 3.05) is 20.3 Å². The normalized spacial score (nSPS) is 13.1. The first-order valence-electron chi connectivity index (χ1n) is 5.33. The fourth-order valence-corrected chi connectivity index (χ4v) is 1.87. The Kier molecular flexibility index (Phi) is 5.98. The Morgan fingerprint density at radius 1 is 1.25 bits per heavy atom. The van der Waals surface area contributed by atoms with Gasteiger partial charge < -0.3 is 10.2 Å². The first-order valence-corrected chi connectivity index (χ1v) is 6.13. The van der Waals surface area contributed by atoms with E-state index in [1.165, 1.54) is 5.56 Å². The van der Waals surface area contributed by atoms with E-state index in [0.717, 1.165) is 11.0 Å². The van der Waals surface area contributed by atoms with Gasteiger partial charge in [-0.2, -0.15) is 0 Å². The molecule has 1 unspecified atom stereocenters. The lowest BCUT2D eigenvalue weighted by atomic mass is 10.1. The molecule has 4 heteroatoms. The molecule has 1 aromatic rings. The average molecular weight is 288 g/mol. The zero-order valence-corrected chi connectivity index (χ0v) is 11.0. The van der Waals surface area contributed by atoms with Crippen molar-refractivity contribution < 1.29 is 10.2 Å². The monoisotopic (exact) mass is 287 g/mol. The molecule has 3 nitrogen and oxygen atoms in total. The van der Waals surface area contributed by atoms with Crippen LogP contribution < -0.4 is 0 Å². The van der Waals surface area contributed by atoms with Gasteiger partial charge >= 0.3 is 0 Å². The number of halogens is 1. The molecule has 0 aliphatic rings. The molecule has 0 fully saturated rings. The third-order valence-corrected chi connectivity index (χ3v) is 3.17. The summed E-state index contributed by atoms with van der Waals surface area (Å²) in [4.78, 5) is 2.06. The van der Waals surface area contributed by atoms with Gasteiger partial charge in [0.1, 0.15) is 0 Å². The Labute approximate surface area is 105 Å². The molecule has 1 aromatic carbocycles. The van der Waals surface area contributed by atoms with Crippen LogP contribution in [-0.2, 0) is 6.54 Å².